The summed E-state index contributed by atoms with van der Waals surface area (Å²) in [6.07, 6.45) is 8.10. The van der Waals surface area contributed by atoms with Gasteiger partial charge in [-0.1, -0.05) is 13.8 Å². The van der Waals surface area contributed by atoms with Crippen molar-refractivity contribution in [2.24, 2.45) is 17.8 Å². The summed E-state index contributed by atoms with van der Waals surface area (Å²) < 4.78 is 0. The van der Waals surface area contributed by atoms with Crippen LogP contribution in [0.3, 0.4) is 0 Å². The molecule has 0 spiro atoms. The third kappa shape index (κ3) is 4.51. The van der Waals surface area contributed by atoms with E-state index < -0.39 is 0 Å². The summed E-state index contributed by atoms with van der Waals surface area (Å²) in [7, 11) is 1.93. The average Bonchev–Trinajstić information content (AvgIpc) is 2.58. The second-order valence-electron chi connectivity index (χ2n) is 8.84. The first-order valence-electron chi connectivity index (χ1n) is 10.2. The van der Waals surface area contributed by atoms with Gasteiger partial charge in [0, 0.05) is 32.7 Å². The van der Waals surface area contributed by atoms with Crippen LogP contribution in [0, 0.1) is 17.8 Å². The minimum absolute atomic E-state index is 0.302. The molecule has 138 valence electrons. The van der Waals surface area contributed by atoms with E-state index in [4.69, 9.17) is 0 Å². The van der Waals surface area contributed by atoms with E-state index in [2.05, 4.69) is 23.6 Å². The van der Waals surface area contributed by atoms with E-state index >= 15 is 0 Å². The van der Waals surface area contributed by atoms with Gasteiger partial charge in [-0.25, -0.2) is 0 Å². The molecule has 0 atom stereocenters. The molecule has 0 N–H and O–H groups in total. The Bertz CT molecular complexity index is 409. The van der Waals surface area contributed by atoms with Crippen molar-refractivity contribution in [1.82, 2.24) is 14.7 Å². The maximum Gasteiger partial charge on any atom is 0.236 e. The Kier molecular flexibility index (Phi) is 6.20. The van der Waals surface area contributed by atoms with Crippen LogP contribution in [-0.2, 0) is 4.79 Å². The van der Waals surface area contributed by atoms with Crippen LogP contribution in [0.4, 0.5) is 0 Å². The van der Waals surface area contributed by atoms with Crippen LogP contribution >= 0.6 is 0 Å². The lowest BCUT2D eigenvalue weighted by Crippen LogP contribution is -2.53. The lowest BCUT2D eigenvalue weighted by molar-refractivity contribution is -0.135. The van der Waals surface area contributed by atoms with Crippen molar-refractivity contribution in [3.05, 3.63) is 0 Å². The zero-order valence-corrected chi connectivity index (χ0v) is 16.0. The number of piperazine rings is 1. The molecule has 1 aliphatic carbocycles. The Morgan fingerprint density at radius 2 is 1.62 bits per heavy atom. The van der Waals surface area contributed by atoms with Crippen LogP contribution in [0.2, 0.25) is 0 Å². The third-order valence-corrected chi connectivity index (χ3v) is 6.91. The number of hydrogen-bond donors (Lipinski definition) is 0. The van der Waals surface area contributed by atoms with Crippen molar-refractivity contribution in [1.29, 1.82) is 0 Å². The number of amides is 1. The van der Waals surface area contributed by atoms with Crippen LogP contribution in [0.15, 0.2) is 0 Å². The summed E-state index contributed by atoms with van der Waals surface area (Å²) in [6.45, 7) is 11.3. The monoisotopic (exact) mass is 335 g/mol. The number of carbonyl (C=O) groups is 1. The Balaban J connectivity index is 1.37. The molecule has 0 unspecified atom stereocenters. The van der Waals surface area contributed by atoms with Gasteiger partial charge in [-0.05, 0) is 69.4 Å². The van der Waals surface area contributed by atoms with E-state index in [1.165, 1.54) is 58.2 Å². The number of rotatable bonds is 4. The number of likely N-dealkylation sites (N-methyl/N-ethyl adjacent to an activating group) is 1. The SMILES string of the molecule is CC(C)C1CCN(CC2CCC(N3CCN(C)C(=O)C3)CC2)CC1. The van der Waals surface area contributed by atoms with Gasteiger partial charge < -0.3 is 9.80 Å². The normalized spacial score (nSPS) is 31.8. The third-order valence-electron chi connectivity index (χ3n) is 6.91. The lowest BCUT2D eigenvalue weighted by atomic mass is 9.83. The fourth-order valence-corrected chi connectivity index (χ4v) is 4.95. The summed E-state index contributed by atoms with van der Waals surface area (Å²) in [5, 5.41) is 0. The van der Waals surface area contributed by atoms with Crippen molar-refractivity contribution >= 4 is 5.91 Å². The van der Waals surface area contributed by atoms with E-state index in [1.807, 2.05) is 11.9 Å². The molecule has 3 fully saturated rings. The molecule has 1 saturated carbocycles. The highest BCUT2D eigenvalue weighted by molar-refractivity contribution is 5.78. The average molecular weight is 336 g/mol. The Hall–Kier alpha value is -0.610. The van der Waals surface area contributed by atoms with Gasteiger partial charge in [0.1, 0.15) is 0 Å². The highest BCUT2D eigenvalue weighted by Gasteiger charge is 2.31. The first-order valence-corrected chi connectivity index (χ1v) is 10.2. The maximum atomic E-state index is 11.9. The number of likely N-dealkylation sites (tertiary alicyclic amines) is 1. The quantitative estimate of drug-likeness (QED) is 0.790. The van der Waals surface area contributed by atoms with Crippen LogP contribution in [0.5, 0.6) is 0 Å². The molecule has 4 heteroatoms. The first kappa shape index (κ1) is 18.2. The predicted octanol–water partition coefficient (Wildman–Crippen LogP) is 2.69. The molecule has 4 nitrogen and oxygen atoms in total. The van der Waals surface area contributed by atoms with Crippen molar-refractivity contribution in [2.75, 3.05) is 46.3 Å². The topological polar surface area (TPSA) is 26.8 Å². The van der Waals surface area contributed by atoms with Gasteiger partial charge in [0.15, 0.2) is 0 Å². The van der Waals surface area contributed by atoms with Gasteiger partial charge in [-0.15, -0.1) is 0 Å². The second kappa shape index (κ2) is 8.18. The first-order chi connectivity index (χ1) is 11.5. The zero-order chi connectivity index (χ0) is 17.1. The van der Waals surface area contributed by atoms with Crippen LogP contribution < -0.4 is 0 Å². The van der Waals surface area contributed by atoms with Gasteiger partial charge >= 0.3 is 0 Å². The van der Waals surface area contributed by atoms with E-state index in [1.54, 1.807) is 0 Å². The van der Waals surface area contributed by atoms with Gasteiger partial charge in [0.2, 0.25) is 5.91 Å². The van der Waals surface area contributed by atoms with Gasteiger partial charge in [0.25, 0.3) is 0 Å². The molecule has 3 rings (SSSR count). The Labute approximate surface area is 148 Å². The zero-order valence-electron chi connectivity index (χ0n) is 16.0. The molecule has 2 heterocycles. The highest BCUT2D eigenvalue weighted by Crippen LogP contribution is 2.31. The standard InChI is InChI=1S/C20H37N3O/c1-16(2)18-8-10-22(11-9-18)14-17-4-6-19(7-5-17)23-13-12-21(3)20(24)15-23/h16-19H,4-15H2,1-3H3. The van der Waals surface area contributed by atoms with Crippen molar-refractivity contribution in [2.45, 2.75) is 58.4 Å². The van der Waals surface area contributed by atoms with Gasteiger partial charge in [-0.3, -0.25) is 9.69 Å². The van der Waals surface area contributed by atoms with Gasteiger partial charge in [-0.2, -0.15) is 0 Å². The smallest absolute Gasteiger partial charge is 0.236 e. The molecule has 2 saturated heterocycles. The molecule has 0 radical (unpaired) electrons. The molecule has 2 aliphatic heterocycles. The number of piperidine rings is 1. The summed E-state index contributed by atoms with van der Waals surface area (Å²) in [6, 6.07) is 0.658. The van der Waals surface area contributed by atoms with Crippen LogP contribution in [0.25, 0.3) is 0 Å². The summed E-state index contributed by atoms with van der Waals surface area (Å²) in [5.41, 5.74) is 0. The van der Waals surface area contributed by atoms with Crippen LogP contribution in [-0.4, -0.2) is 73.0 Å². The Morgan fingerprint density at radius 1 is 0.958 bits per heavy atom. The minimum Gasteiger partial charge on any atom is -0.343 e. The van der Waals surface area contributed by atoms with Crippen molar-refractivity contribution < 1.29 is 4.79 Å². The largest absolute Gasteiger partial charge is 0.343 e. The van der Waals surface area contributed by atoms with Crippen molar-refractivity contribution in [3.63, 3.8) is 0 Å². The molecular formula is C20H37N3O. The molecule has 3 aliphatic rings. The van der Waals surface area contributed by atoms with E-state index in [-0.39, 0.29) is 0 Å². The van der Waals surface area contributed by atoms with Crippen molar-refractivity contribution in [3.8, 4) is 0 Å². The fraction of sp³-hybridized carbons (Fsp3) is 0.950. The molecule has 0 aromatic heterocycles. The molecule has 1 amide bonds. The molecule has 0 aromatic rings. The predicted molar refractivity (Wildman–Crippen MR) is 99.0 cm³/mol. The Morgan fingerprint density at radius 3 is 2.21 bits per heavy atom. The lowest BCUT2D eigenvalue weighted by Gasteiger charge is -2.42. The molecule has 24 heavy (non-hydrogen) atoms. The number of carbonyl (C=O) groups excluding carboxylic acids is 1. The van der Waals surface area contributed by atoms with Crippen LogP contribution in [0.1, 0.15) is 52.4 Å². The molecule has 0 aromatic carbocycles. The summed E-state index contributed by atoms with van der Waals surface area (Å²) >= 11 is 0. The highest BCUT2D eigenvalue weighted by atomic mass is 16.2. The molecule has 0 bridgehead atoms. The summed E-state index contributed by atoms with van der Waals surface area (Å²) in [4.78, 5) is 19.0. The maximum absolute atomic E-state index is 11.9. The summed E-state index contributed by atoms with van der Waals surface area (Å²) in [5.74, 6) is 3.00. The van der Waals surface area contributed by atoms with Gasteiger partial charge in [0.05, 0.1) is 6.54 Å². The van der Waals surface area contributed by atoms with E-state index in [0.717, 1.165) is 30.8 Å². The second-order valence-corrected chi connectivity index (χ2v) is 8.84. The minimum atomic E-state index is 0.302. The van der Waals surface area contributed by atoms with E-state index in [0.29, 0.717) is 18.5 Å². The van der Waals surface area contributed by atoms with E-state index in [9.17, 15) is 4.79 Å². The number of hydrogen-bond acceptors (Lipinski definition) is 3. The number of nitrogens with zero attached hydrogens (tertiary/aromatic N) is 3. The fourth-order valence-electron chi connectivity index (χ4n) is 4.95. The molecular weight excluding hydrogens is 298 g/mol.